The maximum Gasteiger partial charge on any atom is 0.213 e. The minimum Gasteiger partial charge on any atom is -0.469 e. The summed E-state index contributed by atoms with van der Waals surface area (Å²) in [5.41, 5.74) is 1.15. The first-order valence-corrected chi connectivity index (χ1v) is 5.69. The summed E-state index contributed by atoms with van der Waals surface area (Å²) in [6, 6.07) is 7.59. The second-order valence-corrected chi connectivity index (χ2v) is 3.65. The van der Waals surface area contributed by atoms with Gasteiger partial charge in [0.1, 0.15) is 12.4 Å². The number of furan rings is 1. The summed E-state index contributed by atoms with van der Waals surface area (Å²) in [7, 11) is 0. The number of hydrogen-bond acceptors (Lipinski definition) is 4. The topological polar surface area (TPSA) is 47.3 Å². The number of nitrogens with one attached hydrogen (secondary N) is 1. The molecule has 0 saturated heterocycles. The van der Waals surface area contributed by atoms with Crippen LogP contribution in [0.15, 0.2) is 41.1 Å². The van der Waals surface area contributed by atoms with Gasteiger partial charge in [0.25, 0.3) is 0 Å². The van der Waals surface area contributed by atoms with Gasteiger partial charge < -0.3 is 14.5 Å². The molecule has 4 nitrogen and oxygen atoms in total. The summed E-state index contributed by atoms with van der Waals surface area (Å²) in [6.45, 7) is 4.28. The average molecular weight is 232 g/mol. The molecule has 0 unspecified atom stereocenters. The highest BCUT2D eigenvalue weighted by Crippen LogP contribution is 2.10. The van der Waals surface area contributed by atoms with Gasteiger partial charge in [-0.3, -0.25) is 0 Å². The predicted octanol–water partition coefficient (Wildman–Crippen LogP) is 2.36. The highest BCUT2D eigenvalue weighted by molar-refractivity contribution is 5.17. The Bertz CT molecular complexity index is 423. The molecule has 0 radical (unpaired) electrons. The minimum absolute atomic E-state index is 0.409. The second-order valence-electron chi connectivity index (χ2n) is 3.65. The number of ether oxygens (including phenoxy) is 1. The molecule has 0 aromatic carbocycles. The number of hydrogen-bond donors (Lipinski definition) is 1. The molecule has 0 bridgehead atoms. The lowest BCUT2D eigenvalue weighted by molar-refractivity contribution is 0.260. The molecule has 4 heteroatoms. The molecule has 0 spiro atoms. The van der Waals surface area contributed by atoms with Crippen molar-refractivity contribution in [2.75, 3.05) is 6.54 Å². The SMILES string of the molecule is CCNCc1ccc(OCc2ccco2)nc1. The van der Waals surface area contributed by atoms with E-state index in [2.05, 4.69) is 17.2 Å². The van der Waals surface area contributed by atoms with Gasteiger partial charge in [-0.25, -0.2) is 4.98 Å². The normalized spacial score (nSPS) is 10.4. The third-order valence-electron chi connectivity index (χ3n) is 2.32. The number of nitrogens with zero attached hydrogens (tertiary/aromatic N) is 1. The van der Waals surface area contributed by atoms with Crippen LogP contribution >= 0.6 is 0 Å². The molecule has 2 aromatic rings. The average Bonchev–Trinajstić information content (AvgIpc) is 2.88. The molecule has 17 heavy (non-hydrogen) atoms. The summed E-state index contributed by atoms with van der Waals surface area (Å²) in [6.07, 6.45) is 3.45. The maximum atomic E-state index is 5.48. The monoisotopic (exact) mass is 232 g/mol. The number of aromatic nitrogens is 1. The van der Waals surface area contributed by atoms with Crippen LogP contribution in [0.5, 0.6) is 5.88 Å². The van der Waals surface area contributed by atoms with Crippen molar-refractivity contribution in [3.05, 3.63) is 48.0 Å². The van der Waals surface area contributed by atoms with Crippen molar-refractivity contribution < 1.29 is 9.15 Å². The Morgan fingerprint density at radius 3 is 2.94 bits per heavy atom. The fourth-order valence-electron chi connectivity index (χ4n) is 1.41. The fourth-order valence-corrected chi connectivity index (χ4v) is 1.41. The zero-order chi connectivity index (χ0) is 11.9. The summed E-state index contributed by atoms with van der Waals surface area (Å²) in [5.74, 6) is 1.41. The Kier molecular flexibility index (Phi) is 4.16. The predicted molar refractivity (Wildman–Crippen MR) is 64.7 cm³/mol. The van der Waals surface area contributed by atoms with E-state index in [1.165, 1.54) is 0 Å². The second kappa shape index (κ2) is 6.06. The van der Waals surface area contributed by atoms with E-state index in [1.807, 2.05) is 30.5 Å². The third kappa shape index (κ3) is 3.60. The Labute approximate surface area is 101 Å². The van der Waals surface area contributed by atoms with Gasteiger partial charge in [0.05, 0.1) is 6.26 Å². The summed E-state index contributed by atoms with van der Waals surface area (Å²) < 4.78 is 10.7. The number of pyridine rings is 1. The Balaban J connectivity index is 1.85. The van der Waals surface area contributed by atoms with Crippen LogP contribution < -0.4 is 10.1 Å². The Morgan fingerprint density at radius 1 is 1.35 bits per heavy atom. The first-order chi connectivity index (χ1) is 8.38. The van der Waals surface area contributed by atoms with Crippen molar-refractivity contribution in [2.45, 2.75) is 20.1 Å². The first-order valence-electron chi connectivity index (χ1n) is 5.69. The van der Waals surface area contributed by atoms with Crippen LogP contribution in [-0.2, 0) is 13.2 Å². The van der Waals surface area contributed by atoms with Crippen molar-refractivity contribution in [3.63, 3.8) is 0 Å². The molecule has 0 aliphatic heterocycles. The van der Waals surface area contributed by atoms with Gasteiger partial charge in [-0.2, -0.15) is 0 Å². The minimum atomic E-state index is 0.409. The molecule has 0 amide bonds. The van der Waals surface area contributed by atoms with Crippen molar-refractivity contribution in [2.24, 2.45) is 0 Å². The molecule has 0 saturated carbocycles. The highest BCUT2D eigenvalue weighted by atomic mass is 16.5. The van der Waals surface area contributed by atoms with Gasteiger partial charge in [-0.05, 0) is 24.2 Å². The molecule has 0 atom stereocenters. The van der Waals surface area contributed by atoms with Crippen LogP contribution in [0.1, 0.15) is 18.2 Å². The van der Waals surface area contributed by atoms with Crippen LogP contribution in [0.4, 0.5) is 0 Å². The lowest BCUT2D eigenvalue weighted by Gasteiger charge is -2.05. The molecule has 0 aliphatic rings. The fraction of sp³-hybridized carbons (Fsp3) is 0.308. The lowest BCUT2D eigenvalue weighted by Crippen LogP contribution is -2.11. The summed E-state index contributed by atoms with van der Waals surface area (Å²) in [5, 5.41) is 3.24. The van der Waals surface area contributed by atoms with E-state index in [1.54, 1.807) is 6.26 Å². The quantitative estimate of drug-likeness (QED) is 0.830. The molecule has 2 heterocycles. The molecule has 0 fully saturated rings. The molecule has 1 N–H and O–H groups in total. The van der Waals surface area contributed by atoms with E-state index in [-0.39, 0.29) is 0 Å². The number of rotatable bonds is 6. The molecular weight excluding hydrogens is 216 g/mol. The largest absolute Gasteiger partial charge is 0.469 e. The lowest BCUT2D eigenvalue weighted by atomic mass is 10.3. The van der Waals surface area contributed by atoms with Gasteiger partial charge in [0.15, 0.2) is 0 Å². The zero-order valence-corrected chi connectivity index (χ0v) is 9.85. The van der Waals surface area contributed by atoms with Crippen molar-refractivity contribution >= 4 is 0 Å². The first kappa shape index (κ1) is 11.7. The van der Waals surface area contributed by atoms with Crippen molar-refractivity contribution in [1.29, 1.82) is 0 Å². The van der Waals surface area contributed by atoms with Gasteiger partial charge in [0, 0.05) is 18.8 Å². The van der Waals surface area contributed by atoms with Gasteiger partial charge in [-0.1, -0.05) is 13.0 Å². The zero-order valence-electron chi connectivity index (χ0n) is 9.85. The molecule has 0 aliphatic carbocycles. The van der Waals surface area contributed by atoms with Crippen molar-refractivity contribution in [3.8, 4) is 5.88 Å². The smallest absolute Gasteiger partial charge is 0.213 e. The van der Waals surface area contributed by atoms with E-state index < -0.39 is 0 Å². The van der Waals surface area contributed by atoms with Crippen LogP contribution in [0, 0.1) is 0 Å². The molecule has 2 aromatic heterocycles. The standard InChI is InChI=1S/C13H16N2O2/c1-2-14-8-11-5-6-13(15-9-11)17-10-12-4-3-7-16-12/h3-7,9,14H,2,8,10H2,1H3. The molecular formula is C13H16N2O2. The summed E-state index contributed by atoms with van der Waals surface area (Å²) in [4.78, 5) is 4.23. The maximum absolute atomic E-state index is 5.48. The molecule has 90 valence electrons. The van der Waals surface area contributed by atoms with Crippen LogP contribution in [-0.4, -0.2) is 11.5 Å². The van der Waals surface area contributed by atoms with E-state index in [4.69, 9.17) is 9.15 Å². The van der Waals surface area contributed by atoms with Crippen LogP contribution in [0.25, 0.3) is 0 Å². The highest BCUT2D eigenvalue weighted by Gasteiger charge is 1.99. The van der Waals surface area contributed by atoms with Gasteiger partial charge in [-0.15, -0.1) is 0 Å². The van der Waals surface area contributed by atoms with Crippen LogP contribution in [0.3, 0.4) is 0 Å². The van der Waals surface area contributed by atoms with Gasteiger partial charge >= 0.3 is 0 Å². The van der Waals surface area contributed by atoms with E-state index in [0.29, 0.717) is 12.5 Å². The Morgan fingerprint density at radius 2 is 2.29 bits per heavy atom. The molecule has 2 rings (SSSR count). The summed E-state index contributed by atoms with van der Waals surface area (Å²) >= 11 is 0. The van der Waals surface area contributed by atoms with E-state index >= 15 is 0 Å². The van der Waals surface area contributed by atoms with E-state index in [0.717, 1.165) is 24.4 Å². The van der Waals surface area contributed by atoms with Crippen molar-refractivity contribution in [1.82, 2.24) is 10.3 Å². The Hall–Kier alpha value is -1.81. The third-order valence-corrected chi connectivity index (χ3v) is 2.32. The van der Waals surface area contributed by atoms with E-state index in [9.17, 15) is 0 Å². The van der Waals surface area contributed by atoms with Crippen LogP contribution in [0.2, 0.25) is 0 Å². The van der Waals surface area contributed by atoms with Gasteiger partial charge in [0.2, 0.25) is 5.88 Å².